The number of nitrogens with one attached hydrogen (secondary N) is 1. The van der Waals surface area contributed by atoms with E-state index in [-0.39, 0.29) is 30.4 Å². The molecule has 5 nitrogen and oxygen atoms in total. The predicted molar refractivity (Wildman–Crippen MR) is 120 cm³/mol. The molecule has 1 N–H and O–H groups in total. The Kier molecular flexibility index (Phi) is 6.96. The fraction of sp³-hybridized carbons (Fsp3) is 0.240. The number of fused-ring (bicyclic) bond motifs is 1. The molecule has 0 aliphatic carbocycles. The highest BCUT2D eigenvalue weighted by molar-refractivity contribution is 6.03. The number of nitrogens with zero attached hydrogens (tertiary/aromatic N) is 1. The molecule has 0 fully saturated rings. The van der Waals surface area contributed by atoms with Crippen molar-refractivity contribution in [1.29, 1.82) is 0 Å². The molecular weight excluding hydrogens is 376 g/mol. The summed E-state index contributed by atoms with van der Waals surface area (Å²) in [6.45, 7) is 5.12. The minimum absolute atomic E-state index is 0.0671. The second-order valence-corrected chi connectivity index (χ2v) is 7.09. The lowest BCUT2D eigenvalue weighted by atomic mass is 10.0. The zero-order valence-electron chi connectivity index (χ0n) is 17.4. The molecule has 0 bridgehead atoms. The number of ketones is 1. The van der Waals surface area contributed by atoms with E-state index in [4.69, 9.17) is 0 Å². The minimum Gasteiger partial charge on any atom is -0.339 e. The minimum atomic E-state index is -0.253. The lowest BCUT2D eigenvalue weighted by Gasteiger charge is -2.19. The normalized spacial score (nSPS) is 10.6. The van der Waals surface area contributed by atoms with Gasteiger partial charge in [0, 0.05) is 42.7 Å². The van der Waals surface area contributed by atoms with Gasteiger partial charge in [-0.2, -0.15) is 0 Å². The number of hydrogen-bond donors (Lipinski definition) is 1. The summed E-state index contributed by atoms with van der Waals surface area (Å²) in [6.07, 6.45) is 0.210. The third-order valence-corrected chi connectivity index (χ3v) is 5.09. The summed E-state index contributed by atoms with van der Waals surface area (Å²) >= 11 is 0. The summed E-state index contributed by atoms with van der Waals surface area (Å²) < 4.78 is 0. The first-order chi connectivity index (χ1) is 14.5. The Hall–Kier alpha value is -3.47. The topological polar surface area (TPSA) is 66.5 Å². The average molecular weight is 402 g/mol. The molecule has 30 heavy (non-hydrogen) atoms. The van der Waals surface area contributed by atoms with Gasteiger partial charge < -0.3 is 10.2 Å². The molecule has 0 unspecified atom stereocenters. The summed E-state index contributed by atoms with van der Waals surface area (Å²) in [5.74, 6) is -0.388. The first-order valence-electron chi connectivity index (χ1n) is 10.2. The van der Waals surface area contributed by atoms with E-state index in [1.165, 1.54) is 0 Å². The van der Waals surface area contributed by atoms with Gasteiger partial charge in [0.05, 0.1) is 0 Å². The van der Waals surface area contributed by atoms with Crippen molar-refractivity contribution in [1.82, 2.24) is 4.90 Å². The number of anilines is 1. The van der Waals surface area contributed by atoms with Gasteiger partial charge in [0.2, 0.25) is 5.91 Å². The van der Waals surface area contributed by atoms with Gasteiger partial charge in [-0.15, -0.1) is 0 Å². The molecule has 0 saturated heterocycles. The lowest BCUT2D eigenvalue weighted by molar-refractivity contribution is -0.116. The van der Waals surface area contributed by atoms with E-state index in [1.807, 2.05) is 50.2 Å². The van der Waals surface area contributed by atoms with Gasteiger partial charge in [0.1, 0.15) is 0 Å². The van der Waals surface area contributed by atoms with E-state index in [1.54, 1.807) is 35.2 Å². The van der Waals surface area contributed by atoms with Gasteiger partial charge >= 0.3 is 0 Å². The molecule has 0 atom stereocenters. The van der Waals surface area contributed by atoms with Crippen LogP contribution in [0, 0.1) is 0 Å². The maximum atomic E-state index is 12.5. The van der Waals surface area contributed by atoms with Gasteiger partial charge in [-0.1, -0.05) is 42.5 Å². The van der Waals surface area contributed by atoms with E-state index in [2.05, 4.69) is 5.32 Å². The zero-order chi connectivity index (χ0) is 21.5. The smallest absolute Gasteiger partial charge is 0.253 e. The molecule has 0 saturated carbocycles. The maximum absolute atomic E-state index is 12.5. The van der Waals surface area contributed by atoms with Gasteiger partial charge in [0.15, 0.2) is 5.78 Å². The molecule has 0 heterocycles. The van der Waals surface area contributed by atoms with E-state index < -0.39 is 0 Å². The fourth-order valence-electron chi connectivity index (χ4n) is 3.38. The second-order valence-electron chi connectivity index (χ2n) is 7.09. The number of hydrogen-bond acceptors (Lipinski definition) is 3. The summed E-state index contributed by atoms with van der Waals surface area (Å²) in [6, 6.07) is 20.3. The van der Waals surface area contributed by atoms with Crippen LogP contribution < -0.4 is 5.32 Å². The molecule has 2 amide bonds. The van der Waals surface area contributed by atoms with Crippen molar-refractivity contribution in [2.24, 2.45) is 0 Å². The average Bonchev–Trinajstić information content (AvgIpc) is 2.78. The highest BCUT2D eigenvalue weighted by Gasteiger charge is 2.14. The predicted octanol–water partition coefficient (Wildman–Crippen LogP) is 4.92. The zero-order valence-corrected chi connectivity index (χ0v) is 17.4. The van der Waals surface area contributed by atoms with Crippen LogP contribution in [0.2, 0.25) is 0 Å². The Morgan fingerprint density at radius 3 is 2.23 bits per heavy atom. The van der Waals surface area contributed by atoms with Crippen molar-refractivity contribution in [2.75, 3.05) is 18.4 Å². The van der Waals surface area contributed by atoms with Gasteiger partial charge in [-0.3, -0.25) is 14.4 Å². The van der Waals surface area contributed by atoms with Crippen molar-refractivity contribution in [2.45, 2.75) is 26.7 Å². The lowest BCUT2D eigenvalue weighted by Crippen LogP contribution is -2.30. The number of benzene rings is 3. The van der Waals surface area contributed by atoms with Crippen LogP contribution >= 0.6 is 0 Å². The van der Waals surface area contributed by atoms with Crippen molar-refractivity contribution < 1.29 is 14.4 Å². The van der Waals surface area contributed by atoms with Crippen LogP contribution in [0.25, 0.3) is 10.8 Å². The quantitative estimate of drug-likeness (QED) is 0.544. The Bertz CT molecular complexity index is 1070. The molecule has 0 aliphatic heterocycles. The highest BCUT2D eigenvalue weighted by atomic mass is 16.2. The third kappa shape index (κ3) is 5.11. The largest absolute Gasteiger partial charge is 0.339 e. The number of carbonyl (C=O) groups is 3. The molecule has 0 radical (unpaired) electrons. The number of Topliss-reactive ketones (excluding diaryl/α,β-unsaturated/α-hetero) is 1. The Labute approximate surface area is 176 Å². The van der Waals surface area contributed by atoms with Crippen molar-refractivity contribution in [3.63, 3.8) is 0 Å². The van der Waals surface area contributed by atoms with Crippen LogP contribution in [0.15, 0.2) is 66.7 Å². The van der Waals surface area contributed by atoms with Crippen LogP contribution in [0.3, 0.4) is 0 Å². The summed E-state index contributed by atoms with van der Waals surface area (Å²) in [4.78, 5) is 39.0. The molecule has 0 spiro atoms. The Morgan fingerprint density at radius 1 is 0.767 bits per heavy atom. The Balaban J connectivity index is 1.59. The number of carbonyl (C=O) groups excluding carboxylic acids is 3. The van der Waals surface area contributed by atoms with Crippen molar-refractivity contribution >= 4 is 34.1 Å². The van der Waals surface area contributed by atoms with Crippen LogP contribution in [0.4, 0.5) is 5.69 Å². The first kappa shape index (κ1) is 21.2. The fourth-order valence-corrected chi connectivity index (χ4v) is 3.38. The van der Waals surface area contributed by atoms with E-state index in [9.17, 15) is 14.4 Å². The maximum Gasteiger partial charge on any atom is 0.253 e. The SMILES string of the molecule is CCN(CC)C(=O)c1cccc(NC(=O)CCC(=O)c2ccc3ccccc3c2)c1. The first-order valence-corrected chi connectivity index (χ1v) is 10.2. The molecule has 3 aromatic carbocycles. The van der Waals surface area contributed by atoms with E-state index in [0.29, 0.717) is 29.9 Å². The number of amides is 2. The van der Waals surface area contributed by atoms with Crippen LogP contribution in [-0.4, -0.2) is 35.6 Å². The summed E-state index contributed by atoms with van der Waals surface area (Å²) in [7, 11) is 0. The van der Waals surface area contributed by atoms with E-state index >= 15 is 0 Å². The molecule has 5 heteroatoms. The molecule has 0 aliphatic rings. The summed E-state index contributed by atoms with van der Waals surface area (Å²) in [5.41, 5.74) is 1.69. The van der Waals surface area contributed by atoms with Crippen LogP contribution in [-0.2, 0) is 4.79 Å². The molecular formula is C25H26N2O3. The molecule has 3 aromatic rings. The Morgan fingerprint density at radius 2 is 1.50 bits per heavy atom. The van der Waals surface area contributed by atoms with E-state index in [0.717, 1.165) is 10.8 Å². The third-order valence-electron chi connectivity index (χ3n) is 5.09. The highest BCUT2D eigenvalue weighted by Crippen LogP contribution is 2.18. The van der Waals surface area contributed by atoms with Crippen LogP contribution in [0.5, 0.6) is 0 Å². The van der Waals surface area contributed by atoms with Gasteiger partial charge in [-0.05, 0) is 48.9 Å². The van der Waals surface area contributed by atoms with Gasteiger partial charge in [0.25, 0.3) is 5.91 Å². The monoisotopic (exact) mass is 402 g/mol. The summed E-state index contributed by atoms with van der Waals surface area (Å²) in [5, 5.41) is 4.86. The molecule has 0 aromatic heterocycles. The van der Waals surface area contributed by atoms with Crippen LogP contribution in [0.1, 0.15) is 47.4 Å². The van der Waals surface area contributed by atoms with Gasteiger partial charge in [-0.25, -0.2) is 0 Å². The number of rotatable bonds is 8. The standard InChI is InChI=1S/C25H26N2O3/c1-3-27(4-2)25(30)21-10-7-11-22(17-21)26-24(29)15-14-23(28)20-13-12-18-8-5-6-9-19(18)16-20/h5-13,16-17H,3-4,14-15H2,1-2H3,(H,26,29). The molecule has 3 rings (SSSR count). The molecule has 154 valence electrons. The van der Waals surface area contributed by atoms with Crippen molar-refractivity contribution in [3.05, 3.63) is 77.9 Å². The van der Waals surface area contributed by atoms with Crippen molar-refractivity contribution in [3.8, 4) is 0 Å². The second kappa shape index (κ2) is 9.83.